The molecule has 0 saturated carbocycles. The molecule has 1 aromatic carbocycles. The van der Waals surface area contributed by atoms with Crippen LogP contribution in [0.1, 0.15) is 25.8 Å². The molecule has 0 bridgehead atoms. The lowest BCUT2D eigenvalue weighted by Crippen LogP contribution is -2.17. The van der Waals surface area contributed by atoms with Crippen LogP contribution in [0.15, 0.2) is 34.9 Å². The van der Waals surface area contributed by atoms with Crippen LogP contribution in [-0.2, 0) is 11.3 Å². The van der Waals surface area contributed by atoms with Crippen molar-refractivity contribution in [3.63, 3.8) is 0 Å². The third-order valence-electron chi connectivity index (χ3n) is 2.83. The first-order valence-corrected chi connectivity index (χ1v) is 6.55. The van der Waals surface area contributed by atoms with Crippen molar-refractivity contribution in [2.24, 2.45) is 0 Å². The molecule has 0 fully saturated rings. The van der Waals surface area contributed by atoms with Crippen molar-refractivity contribution in [1.82, 2.24) is 5.32 Å². The molecule has 0 amide bonds. The Labute approximate surface area is 108 Å². The van der Waals surface area contributed by atoms with Gasteiger partial charge in [-0.1, -0.05) is 18.2 Å². The summed E-state index contributed by atoms with van der Waals surface area (Å²) in [5.41, 5.74) is 2.17. The molecule has 0 aliphatic carbocycles. The largest absolute Gasteiger partial charge is 0.464 e. The quantitative estimate of drug-likeness (QED) is 0.762. The second kappa shape index (κ2) is 6.57. The van der Waals surface area contributed by atoms with E-state index in [0.29, 0.717) is 6.10 Å². The van der Waals surface area contributed by atoms with Crippen LogP contribution in [0.5, 0.6) is 0 Å². The van der Waals surface area contributed by atoms with Crippen molar-refractivity contribution in [2.75, 3.05) is 13.2 Å². The summed E-state index contributed by atoms with van der Waals surface area (Å²) in [5, 5.41) is 4.61. The van der Waals surface area contributed by atoms with E-state index < -0.39 is 0 Å². The van der Waals surface area contributed by atoms with Crippen LogP contribution >= 0.6 is 0 Å². The molecule has 1 heterocycles. The summed E-state index contributed by atoms with van der Waals surface area (Å²) in [7, 11) is 0. The van der Waals surface area contributed by atoms with E-state index >= 15 is 0 Å². The number of para-hydroxylation sites is 1. The Bertz CT molecular complexity index is 476. The Morgan fingerprint density at radius 3 is 2.94 bits per heavy atom. The van der Waals surface area contributed by atoms with Crippen LogP contribution in [0.3, 0.4) is 0 Å². The van der Waals surface area contributed by atoms with Crippen LogP contribution in [0.4, 0.5) is 0 Å². The summed E-state index contributed by atoms with van der Waals surface area (Å²) in [4.78, 5) is 0. The number of hydrogen-bond donors (Lipinski definition) is 1. The highest BCUT2D eigenvalue weighted by Gasteiger charge is 2.03. The van der Waals surface area contributed by atoms with E-state index in [1.165, 1.54) is 10.9 Å². The van der Waals surface area contributed by atoms with Gasteiger partial charge in [-0.25, -0.2) is 0 Å². The monoisotopic (exact) mass is 247 g/mol. The van der Waals surface area contributed by atoms with E-state index in [2.05, 4.69) is 25.2 Å². The summed E-state index contributed by atoms with van der Waals surface area (Å²) >= 11 is 0. The zero-order valence-corrected chi connectivity index (χ0v) is 11.1. The van der Waals surface area contributed by atoms with Crippen LogP contribution in [-0.4, -0.2) is 19.3 Å². The molecular weight excluding hydrogens is 226 g/mol. The molecule has 0 aliphatic heterocycles. The minimum Gasteiger partial charge on any atom is -0.464 e. The first-order valence-electron chi connectivity index (χ1n) is 6.55. The SMILES string of the molecule is CC(C)OCCCNCc1coc2ccccc12. The lowest BCUT2D eigenvalue weighted by atomic mass is 10.2. The van der Waals surface area contributed by atoms with Gasteiger partial charge in [0.1, 0.15) is 5.58 Å². The average molecular weight is 247 g/mol. The number of ether oxygens (including phenoxy) is 1. The molecule has 1 aromatic heterocycles. The van der Waals surface area contributed by atoms with Crippen molar-refractivity contribution in [3.8, 4) is 0 Å². The van der Waals surface area contributed by atoms with E-state index in [4.69, 9.17) is 9.15 Å². The van der Waals surface area contributed by atoms with E-state index in [1.54, 1.807) is 0 Å². The summed E-state index contributed by atoms with van der Waals surface area (Å²) in [6.45, 7) is 6.75. The minimum absolute atomic E-state index is 0.322. The molecule has 2 aromatic rings. The molecule has 3 nitrogen and oxygen atoms in total. The van der Waals surface area contributed by atoms with Crippen molar-refractivity contribution in [2.45, 2.75) is 32.9 Å². The van der Waals surface area contributed by atoms with Crippen LogP contribution in [0, 0.1) is 0 Å². The maximum Gasteiger partial charge on any atom is 0.134 e. The predicted molar refractivity (Wildman–Crippen MR) is 73.6 cm³/mol. The molecule has 0 aliphatic rings. The lowest BCUT2D eigenvalue weighted by Gasteiger charge is -2.07. The highest BCUT2D eigenvalue weighted by Crippen LogP contribution is 2.20. The molecule has 3 heteroatoms. The van der Waals surface area contributed by atoms with Gasteiger partial charge < -0.3 is 14.5 Å². The highest BCUT2D eigenvalue weighted by molar-refractivity contribution is 5.80. The fraction of sp³-hybridized carbons (Fsp3) is 0.467. The van der Waals surface area contributed by atoms with Gasteiger partial charge in [0.05, 0.1) is 12.4 Å². The smallest absolute Gasteiger partial charge is 0.134 e. The Morgan fingerprint density at radius 2 is 2.11 bits per heavy atom. The molecule has 0 radical (unpaired) electrons. The van der Waals surface area contributed by atoms with E-state index in [-0.39, 0.29) is 0 Å². The van der Waals surface area contributed by atoms with Crippen LogP contribution in [0.25, 0.3) is 11.0 Å². The zero-order valence-electron chi connectivity index (χ0n) is 11.1. The molecule has 2 rings (SSSR count). The van der Waals surface area contributed by atoms with Crippen molar-refractivity contribution < 1.29 is 9.15 Å². The number of fused-ring (bicyclic) bond motifs is 1. The predicted octanol–water partition coefficient (Wildman–Crippen LogP) is 3.34. The van der Waals surface area contributed by atoms with Gasteiger partial charge >= 0.3 is 0 Å². The second-order valence-corrected chi connectivity index (χ2v) is 4.71. The van der Waals surface area contributed by atoms with Crippen LogP contribution in [0.2, 0.25) is 0 Å². The molecule has 0 spiro atoms. The Morgan fingerprint density at radius 1 is 1.28 bits per heavy atom. The van der Waals surface area contributed by atoms with E-state index in [9.17, 15) is 0 Å². The van der Waals surface area contributed by atoms with Crippen LogP contribution < -0.4 is 5.32 Å². The third kappa shape index (κ3) is 3.59. The first-order chi connectivity index (χ1) is 8.77. The highest BCUT2D eigenvalue weighted by atomic mass is 16.5. The number of benzene rings is 1. The average Bonchev–Trinajstić information content (AvgIpc) is 2.77. The van der Waals surface area contributed by atoms with Crippen molar-refractivity contribution in [1.29, 1.82) is 0 Å². The maximum absolute atomic E-state index is 5.49. The fourth-order valence-corrected chi connectivity index (χ4v) is 1.91. The summed E-state index contributed by atoms with van der Waals surface area (Å²) in [6.07, 6.45) is 3.19. The summed E-state index contributed by atoms with van der Waals surface area (Å²) < 4.78 is 11.0. The molecule has 0 unspecified atom stereocenters. The first kappa shape index (κ1) is 13.1. The number of rotatable bonds is 7. The lowest BCUT2D eigenvalue weighted by molar-refractivity contribution is 0.0770. The minimum atomic E-state index is 0.322. The molecule has 0 atom stereocenters. The van der Waals surface area contributed by atoms with Gasteiger partial charge in [-0.15, -0.1) is 0 Å². The van der Waals surface area contributed by atoms with Gasteiger partial charge in [0, 0.05) is 24.1 Å². The topological polar surface area (TPSA) is 34.4 Å². The zero-order chi connectivity index (χ0) is 12.8. The Hall–Kier alpha value is -1.32. The van der Waals surface area contributed by atoms with Crippen molar-refractivity contribution >= 4 is 11.0 Å². The maximum atomic E-state index is 5.49. The van der Waals surface area contributed by atoms with Gasteiger partial charge in [0.15, 0.2) is 0 Å². The molecular formula is C15H21NO2. The van der Waals surface area contributed by atoms with E-state index in [0.717, 1.165) is 31.7 Å². The van der Waals surface area contributed by atoms with Gasteiger partial charge in [-0.05, 0) is 32.9 Å². The molecule has 1 N–H and O–H groups in total. The molecule has 98 valence electrons. The Balaban J connectivity index is 1.74. The summed E-state index contributed by atoms with van der Waals surface area (Å²) in [5.74, 6) is 0. The molecule has 18 heavy (non-hydrogen) atoms. The fourth-order valence-electron chi connectivity index (χ4n) is 1.91. The van der Waals surface area contributed by atoms with Gasteiger partial charge in [-0.2, -0.15) is 0 Å². The third-order valence-corrected chi connectivity index (χ3v) is 2.83. The number of hydrogen-bond acceptors (Lipinski definition) is 3. The van der Waals surface area contributed by atoms with Gasteiger partial charge in [0.2, 0.25) is 0 Å². The summed E-state index contributed by atoms with van der Waals surface area (Å²) in [6, 6.07) is 8.12. The number of furan rings is 1. The molecule has 0 saturated heterocycles. The second-order valence-electron chi connectivity index (χ2n) is 4.71. The van der Waals surface area contributed by atoms with E-state index in [1.807, 2.05) is 24.5 Å². The van der Waals surface area contributed by atoms with Gasteiger partial charge in [0.25, 0.3) is 0 Å². The number of nitrogens with one attached hydrogen (secondary N) is 1. The Kier molecular flexibility index (Phi) is 4.79. The standard InChI is InChI=1S/C15H21NO2/c1-12(2)17-9-5-8-16-10-13-11-18-15-7-4-3-6-14(13)15/h3-4,6-7,11-12,16H,5,8-10H2,1-2H3. The van der Waals surface area contributed by atoms with Crippen molar-refractivity contribution in [3.05, 3.63) is 36.1 Å². The normalized spacial score (nSPS) is 11.5. The van der Waals surface area contributed by atoms with Gasteiger partial charge in [-0.3, -0.25) is 0 Å².